The Morgan fingerprint density at radius 2 is 1.87 bits per heavy atom. The number of rotatable bonds is 2. The second kappa shape index (κ2) is 2.85. The monoisotopic (exact) mass is 210 g/mol. The zero-order valence-electron chi connectivity index (χ0n) is 10.5. The molecule has 0 aliphatic heterocycles. The number of ether oxygens (including phenoxy) is 1. The van der Waals surface area contributed by atoms with Crippen LogP contribution in [-0.2, 0) is 9.53 Å². The van der Waals surface area contributed by atoms with E-state index in [0.29, 0.717) is 5.92 Å². The molecule has 0 saturated heterocycles. The second-order valence-electron chi connectivity index (χ2n) is 6.23. The molecule has 86 valence electrons. The van der Waals surface area contributed by atoms with Crippen LogP contribution in [0, 0.1) is 22.7 Å². The SMILES string of the molecule is COC1(C)[C@@H]2CC(C=O)C(C)(C2)C1(C)C. The van der Waals surface area contributed by atoms with Gasteiger partial charge in [0.2, 0.25) is 0 Å². The summed E-state index contributed by atoms with van der Waals surface area (Å²) < 4.78 is 5.79. The second-order valence-corrected chi connectivity index (χ2v) is 6.23. The Morgan fingerprint density at radius 3 is 2.27 bits per heavy atom. The number of carbonyl (C=O) groups is 1. The highest BCUT2D eigenvalue weighted by molar-refractivity contribution is 5.57. The Morgan fingerprint density at radius 1 is 1.27 bits per heavy atom. The molecule has 2 nitrogen and oxygen atoms in total. The molecule has 2 fully saturated rings. The van der Waals surface area contributed by atoms with Gasteiger partial charge in [0.15, 0.2) is 0 Å². The Kier molecular flexibility index (Phi) is 2.11. The van der Waals surface area contributed by atoms with Crippen LogP contribution < -0.4 is 0 Å². The minimum atomic E-state index is -0.0682. The zero-order valence-corrected chi connectivity index (χ0v) is 10.5. The normalized spacial score (nSPS) is 52.1. The highest BCUT2D eigenvalue weighted by Crippen LogP contribution is 2.71. The summed E-state index contributed by atoms with van der Waals surface area (Å²) in [6, 6.07) is 0. The quantitative estimate of drug-likeness (QED) is 0.655. The average Bonchev–Trinajstić information content (AvgIpc) is 2.61. The van der Waals surface area contributed by atoms with Crippen LogP contribution in [-0.4, -0.2) is 19.0 Å². The molecule has 3 unspecified atom stereocenters. The predicted octanol–water partition coefficient (Wildman–Crippen LogP) is 2.66. The molecule has 2 bridgehead atoms. The van der Waals surface area contributed by atoms with E-state index in [0.717, 1.165) is 19.1 Å². The van der Waals surface area contributed by atoms with Gasteiger partial charge in [0, 0.05) is 13.0 Å². The van der Waals surface area contributed by atoms with Gasteiger partial charge < -0.3 is 9.53 Å². The Hall–Kier alpha value is -0.370. The number of hydrogen-bond donors (Lipinski definition) is 0. The van der Waals surface area contributed by atoms with E-state index in [1.807, 2.05) is 7.11 Å². The first-order chi connectivity index (χ1) is 6.83. The molecule has 2 saturated carbocycles. The first kappa shape index (κ1) is 11.1. The molecular formula is C13H22O2. The zero-order chi connectivity index (χ0) is 11.5. The van der Waals surface area contributed by atoms with Crippen molar-refractivity contribution >= 4 is 6.29 Å². The van der Waals surface area contributed by atoms with Crippen molar-refractivity contribution in [3.05, 3.63) is 0 Å². The van der Waals surface area contributed by atoms with Crippen molar-refractivity contribution in [3.63, 3.8) is 0 Å². The standard InChI is InChI=1S/C13H22O2/c1-11(2)12(3)7-9(6-10(12)8-14)13(11,4)15-5/h8-10H,6-7H2,1-5H3/t9-,10?,12?,13?/m1/s1. The van der Waals surface area contributed by atoms with E-state index >= 15 is 0 Å². The fourth-order valence-electron chi connectivity index (χ4n) is 4.16. The van der Waals surface area contributed by atoms with Crippen LogP contribution in [0.3, 0.4) is 0 Å². The van der Waals surface area contributed by atoms with E-state index in [9.17, 15) is 4.79 Å². The van der Waals surface area contributed by atoms with Crippen molar-refractivity contribution in [2.24, 2.45) is 22.7 Å². The smallest absolute Gasteiger partial charge is 0.123 e. The molecule has 4 atom stereocenters. The summed E-state index contributed by atoms with van der Waals surface area (Å²) in [7, 11) is 1.81. The lowest BCUT2D eigenvalue weighted by Crippen LogP contribution is -2.54. The summed E-state index contributed by atoms with van der Waals surface area (Å²) in [6.07, 6.45) is 3.30. The van der Waals surface area contributed by atoms with E-state index in [1.165, 1.54) is 0 Å². The van der Waals surface area contributed by atoms with Crippen molar-refractivity contribution in [3.8, 4) is 0 Å². The van der Waals surface area contributed by atoms with Crippen LogP contribution in [0.25, 0.3) is 0 Å². The molecule has 2 heteroatoms. The van der Waals surface area contributed by atoms with Crippen LogP contribution in [0.5, 0.6) is 0 Å². The maximum absolute atomic E-state index is 11.1. The third kappa shape index (κ3) is 0.968. The Balaban J connectivity index is 2.47. The van der Waals surface area contributed by atoms with Crippen molar-refractivity contribution < 1.29 is 9.53 Å². The minimum absolute atomic E-state index is 0.0682. The summed E-state index contributed by atoms with van der Waals surface area (Å²) in [6.45, 7) is 8.98. The van der Waals surface area contributed by atoms with Crippen LogP contribution >= 0.6 is 0 Å². The largest absolute Gasteiger partial charge is 0.378 e. The molecular weight excluding hydrogens is 188 g/mol. The summed E-state index contributed by atoms with van der Waals surface area (Å²) in [4.78, 5) is 11.1. The van der Waals surface area contributed by atoms with Crippen LogP contribution in [0.4, 0.5) is 0 Å². The van der Waals surface area contributed by atoms with Gasteiger partial charge in [-0.3, -0.25) is 0 Å². The molecule has 15 heavy (non-hydrogen) atoms. The van der Waals surface area contributed by atoms with E-state index in [-0.39, 0.29) is 22.3 Å². The van der Waals surface area contributed by atoms with E-state index in [1.54, 1.807) is 0 Å². The number of methoxy groups -OCH3 is 1. The fourth-order valence-corrected chi connectivity index (χ4v) is 4.16. The highest BCUT2D eigenvalue weighted by Gasteiger charge is 2.70. The maximum atomic E-state index is 11.1. The Labute approximate surface area is 92.4 Å². The molecule has 0 heterocycles. The van der Waals surface area contributed by atoms with Crippen LogP contribution in [0.2, 0.25) is 0 Å². The molecule has 2 aliphatic carbocycles. The van der Waals surface area contributed by atoms with E-state index < -0.39 is 0 Å². The predicted molar refractivity (Wildman–Crippen MR) is 59.6 cm³/mol. The summed E-state index contributed by atoms with van der Waals surface area (Å²) in [5, 5.41) is 0. The number of fused-ring (bicyclic) bond motifs is 2. The van der Waals surface area contributed by atoms with Crippen molar-refractivity contribution in [2.75, 3.05) is 7.11 Å². The van der Waals surface area contributed by atoms with Gasteiger partial charge in [0.25, 0.3) is 0 Å². The lowest BCUT2D eigenvalue weighted by Gasteiger charge is -2.53. The third-order valence-electron chi connectivity index (χ3n) is 6.06. The van der Waals surface area contributed by atoms with Crippen LogP contribution in [0.1, 0.15) is 40.5 Å². The Bertz CT molecular complexity index is 297. The summed E-state index contributed by atoms with van der Waals surface area (Å²) >= 11 is 0. The molecule has 2 aliphatic rings. The maximum Gasteiger partial charge on any atom is 0.123 e. The molecule has 0 spiro atoms. The summed E-state index contributed by atoms with van der Waals surface area (Å²) in [5.41, 5.74) is 0.120. The van der Waals surface area contributed by atoms with Gasteiger partial charge in [-0.05, 0) is 36.5 Å². The summed E-state index contributed by atoms with van der Waals surface area (Å²) in [5.74, 6) is 0.762. The minimum Gasteiger partial charge on any atom is -0.378 e. The first-order valence-electron chi connectivity index (χ1n) is 5.84. The van der Waals surface area contributed by atoms with Gasteiger partial charge in [0.1, 0.15) is 6.29 Å². The van der Waals surface area contributed by atoms with Gasteiger partial charge in [-0.2, -0.15) is 0 Å². The van der Waals surface area contributed by atoms with E-state index in [2.05, 4.69) is 27.7 Å². The number of hydrogen-bond acceptors (Lipinski definition) is 2. The lowest BCUT2D eigenvalue weighted by atomic mass is 9.55. The first-order valence-corrected chi connectivity index (χ1v) is 5.84. The van der Waals surface area contributed by atoms with E-state index in [4.69, 9.17) is 4.74 Å². The molecule has 0 radical (unpaired) electrons. The lowest BCUT2D eigenvalue weighted by molar-refractivity contribution is -0.158. The van der Waals surface area contributed by atoms with Gasteiger partial charge >= 0.3 is 0 Å². The number of carbonyl (C=O) groups excluding carboxylic acids is 1. The van der Waals surface area contributed by atoms with Gasteiger partial charge in [0.05, 0.1) is 5.60 Å². The number of aldehydes is 1. The van der Waals surface area contributed by atoms with Crippen molar-refractivity contribution in [1.29, 1.82) is 0 Å². The highest BCUT2D eigenvalue weighted by atomic mass is 16.5. The molecule has 0 aromatic heterocycles. The molecule has 0 aromatic carbocycles. The van der Waals surface area contributed by atoms with Gasteiger partial charge in [-0.25, -0.2) is 0 Å². The van der Waals surface area contributed by atoms with Gasteiger partial charge in [-0.15, -0.1) is 0 Å². The molecule has 2 rings (SSSR count). The third-order valence-corrected chi connectivity index (χ3v) is 6.06. The average molecular weight is 210 g/mol. The van der Waals surface area contributed by atoms with Crippen LogP contribution in [0.15, 0.2) is 0 Å². The molecule has 0 N–H and O–H groups in total. The van der Waals surface area contributed by atoms with Crippen molar-refractivity contribution in [2.45, 2.75) is 46.1 Å². The topological polar surface area (TPSA) is 26.3 Å². The fraction of sp³-hybridized carbons (Fsp3) is 0.923. The molecule has 0 aromatic rings. The van der Waals surface area contributed by atoms with Gasteiger partial charge in [-0.1, -0.05) is 20.8 Å². The molecule has 0 amide bonds. The van der Waals surface area contributed by atoms with Crippen molar-refractivity contribution in [1.82, 2.24) is 0 Å².